The maximum Gasteiger partial charge on any atom is 0.328 e. The van der Waals surface area contributed by atoms with Gasteiger partial charge >= 0.3 is 5.69 Å². The molecule has 0 radical (unpaired) electrons. The summed E-state index contributed by atoms with van der Waals surface area (Å²) in [5.74, 6) is 0.464. The van der Waals surface area contributed by atoms with Crippen molar-refractivity contribution in [1.29, 1.82) is 0 Å². The zero-order chi connectivity index (χ0) is 20.5. The number of nitrogens with one attached hydrogen (secondary N) is 1. The molecular formula is C22H25ClN4O2. The highest BCUT2D eigenvalue weighted by Crippen LogP contribution is 2.31. The van der Waals surface area contributed by atoms with E-state index in [1.165, 1.54) is 0 Å². The van der Waals surface area contributed by atoms with Crippen molar-refractivity contribution in [3.8, 4) is 0 Å². The lowest BCUT2D eigenvalue weighted by Gasteiger charge is -2.28. The molecule has 1 amide bonds. The molecule has 1 saturated carbocycles. The van der Waals surface area contributed by atoms with E-state index in [4.69, 9.17) is 11.6 Å². The molecule has 1 N–H and O–H groups in total. The van der Waals surface area contributed by atoms with Crippen molar-refractivity contribution in [2.75, 3.05) is 5.32 Å². The molecule has 0 unspecified atom stereocenters. The molecule has 7 heteroatoms. The van der Waals surface area contributed by atoms with Crippen molar-refractivity contribution in [3.63, 3.8) is 0 Å². The molecular weight excluding hydrogens is 388 g/mol. The molecule has 1 aliphatic carbocycles. The molecule has 0 atom stereocenters. The molecule has 1 aromatic carbocycles. The first-order valence-corrected chi connectivity index (χ1v) is 10.4. The Morgan fingerprint density at radius 1 is 1.17 bits per heavy atom. The van der Waals surface area contributed by atoms with Crippen LogP contribution in [0, 0.1) is 18.8 Å². The second-order valence-electron chi connectivity index (χ2n) is 7.98. The number of fused-ring (bicyclic) bond motifs is 1. The average molecular weight is 413 g/mol. The van der Waals surface area contributed by atoms with Gasteiger partial charge in [0.25, 0.3) is 0 Å². The van der Waals surface area contributed by atoms with E-state index in [0.717, 1.165) is 48.1 Å². The molecule has 0 aliphatic heterocycles. The maximum atomic E-state index is 12.7. The van der Waals surface area contributed by atoms with Crippen LogP contribution in [0.2, 0.25) is 5.02 Å². The van der Waals surface area contributed by atoms with Gasteiger partial charge in [0.2, 0.25) is 5.91 Å². The predicted octanol–water partition coefficient (Wildman–Crippen LogP) is 4.14. The van der Waals surface area contributed by atoms with Gasteiger partial charge in [-0.2, -0.15) is 0 Å². The molecule has 2 aromatic heterocycles. The lowest BCUT2D eigenvalue weighted by molar-refractivity contribution is -0.121. The van der Waals surface area contributed by atoms with Crippen LogP contribution in [0.15, 0.2) is 41.3 Å². The molecule has 1 aliphatic rings. The summed E-state index contributed by atoms with van der Waals surface area (Å²) in [5.41, 5.74) is 3.42. The third-order valence-corrected chi connectivity index (χ3v) is 6.17. The maximum absolute atomic E-state index is 12.7. The third-order valence-electron chi connectivity index (χ3n) is 5.93. The number of aromatic nitrogens is 3. The third kappa shape index (κ3) is 4.08. The number of nitrogens with zero attached hydrogens (tertiary/aromatic N) is 3. The Morgan fingerprint density at radius 3 is 2.66 bits per heavy atom. The molecule has 0 saturated heterocycles. The van der Waals surface area contributed by atoms with Crippen molar-refractivity contribution in [1.82, 2.24) is 14.1 Å². The van der Waals surface area contributed by atoms with Crippen LogP contribution in [0.3, 0.4) is 0 Å². The van der Waals surface area contributed by atoms with Gasteiger partial charge in [0, 0.05) is 42.1 Å². The fourth-order valence-corrected chi connectivity index (χ4v) is 4.46. The minimum absolute atomic E-state index is 0.0124. The molecule has 2 heterocycles. The first-order chi connectivity index (χ1) is 13.9. The number of pyridine rings is 1. The van der Waals surface area contributed by atoms with Gasteiger partial charge in [-0.05, 0) is 68.9 Å². The van der Waals surface area contributed by atoms with Gasteiger partial charge in [0.15, 0.2) is 0 Å². The van der Waals surface area contributed by atoms with Crippen LogP contribution in [0.4, 0.5) is 5.69 Å². The molecule has 152 valence electrons. The number of anilines is 1. The van der Waals surface area contributed by atoms with Crippen molar-refractivity contribution in [2.24, 2.45) is 18.9 Å². The second kappa shape index (κ2) is 8.03. The molecule has 0 bridgehead atoms. The number of benzene rings is 1. The lowest BCUT2D eigenvalue weighted by Crippen LogP contribution is -2.30. The van der Waals surface area contributed by atoms with Crippen LogP contribution in [0.5, 0.6) is 0 Å². The quantitative estimate of drug-likeness (QED) is 0.700. The van der Waals surface area contributed by atoms with Crippen LogP contribution in [0.1, 0.15) is 31.4 Å². The number of hydrogen-bond donors (Lipinski definition) is 1. The Morgan fingerprint density at radius 2 is 1.93 bits per heavy atom. The summed E-state index contributed by atoms with van der Waals surface area (Å²) in [6, 6.07) is 9.24. The SMILES string of the molecule is Cc1cc(NC(=O)C2CCC(Cn3c(=O)n(C)c4ccc(Cl)cc43)CC2)ccn1. The summed E-state index contributed by atoms with van der Waals surface area (Å²) in [7, 11) is 1.79. The van der Waals surface area contributed by atoms with E-state index in [0.29, 0.717) is 17.5 Å². The fourth-order valence-electron chi connectivity index (χ4n) is 4.29. The number of carbonyl (C=O) groups excluding carboxylic acids is 1. The van der Waals surface area contributed by atoms with Gasteiger partial charge in [-0.25, -0.2) is 4.79 Å². The summed E-state index contributed by atoms with van der Waals surface area (Å²) < 4.78 is 3.49. The molecule has 1 fully saturated rings. The zero-order valence-electron chi connectivity index (χ0n) is 16.7. The van der Waals surface area contributed by atoms with Gasteiger partial charge in [-0.15, -0.1) is 0 Å². The van der Waals surface area contributed by atoms with Crippen molar-refractivity contribution in [3.05, 3.63) is 57.7 Å². The first-order valence-electron chi connectivity index (χ1n) is 10.0. The highest BCUT2D eigenvalue weighted by Gasteiger charge is 2.27. The Balaban J connectivity index is 1.41. The number of halogens is 1. The molecule has 6 nitrogen and oxygen atoms in total. The number of hydrogen-bond acceptors (Lipinski definition) is 3. The van der Waals surface area contributed by atoms with Crippen LogP contribution in [-0.4, -0.2) is 20.0 Å². The minimum Gasteiger partial charge on any atom is -0.326 e. The molecule has 4 rings (SSSR count). The molecule has 3 aromatic rings. The predicted molar refractivity (Wildman–Crippen MR) is 115 cm³/mol. The summed E-state index contributed by atoms with van der Waals surface area (Å²) in [6.45, 7) is 2.57. The Hall–Kier alpha value is -2.60. The van der Waals surface area contributed by atoms with E-state index in [-0.39, 0.29) is 17.5 Å². The Labute approximate surface area is 174 Å². The zero-order valence-corrected chi connectivity index (χ0v) is 17.4. The highest BCUT2D eigenvalue weighted by atomic mass is 35.5. The summed E-state index contributed by atoms with van der Waals surface area (Å²) in [4.78, 5) is 29.5. The Bertz CT molecular complexity index is 1110. The Kier molecular flexibility index (Phi) is 5.46. The van der Waals surface area contributed by atoms with Gasteiger partial charge < -0.3 is 5.32 Å². The smallest absolute Gasteiger partial charge is 0.326 e. The number of carbonyl (C=O) groups is 1. The summed E-state index contributed by atoms with van der Waals surface area (Å²) in [5, 5.41) is 3.64. The van der Waals surface area contributed by atoms with Gasteiger partial charge in [-0.1, -0.05) is 11.6 Å². The summed E-state index contributed by atoms with van der Waals surface area (Å²) >= 11 is 6.15. The van der Waals surface area contributed by atoms with Crippen LogP contribution < -0.4 is 11.0 Å². The summed E-state index contributed by atoms with van der Waals surface area (Å²) in [6.07, 6.45) is 5.23. The van der Waals surface area contributed by atoms with Gasteiger partial charge in [-0.3, -0.25) is 18.9 Å². The van der Waals surface area contributed by atoms with E-state index in [2.05, 4.69) is 10.3 Å². The monoisotopic (exact) mass is 412 g/mol. The van der Waals surface area contributed by atoms with Gasteiger partial charge in [0.05, 0.1) is 11.0 Å². The lowest BCUT2D eigenvalue weighted by atomic mass is 9.81. The average Bonchev–Trinajstić information content (AvgIpc) is 2.93. The first kappa shape index (κ1) is 19.7. The van der Waals surface area contributed by atoms with Crippen LogP contribution >= 0.6 is 11.6 Å². The van der Waals surface area contributed by atoms with E-state index in [1.54, 1.807) is 17.8 Å². The van der Waals surface area contributed by atoms with Crippen molar-refractivity contribution >= 4 is 34.2 Å². The van der Waals surface area contributed by atoms with E-state index >= 15 is 0 Å². The standard InChI is InChI=1S/C22H25ClN4O2/c1-14-11-18(9-10-24-14)25-21(28)16-5-3-15(4-6-16)13-27-20-12-17(23)7-8-19(20)26(2)22(27)29/h7-12,15-16H,3-6,13H2,1-2H3,(H,24,25,28). The fraction of sp³-hybridized carbons (Fsp3) is 0.409. The van der Waals surface area contributed by atoms with E-state index < -0.39 is 0 Å². The minimum atomic E-state index is -0.0183. The molecule has 29 heavy (non-hydrogen) atoms. The number of imidazole rings is 1. The number of aryl methyl sites for hydroxylation is 2. The van der Waals surface area contributed by atoms with Gasteiger partial charge in [0.1, 0.15) is 0 Å². The largest absolute Gasteiger partial charge is 0.328 e. The van der Waals surface area contributed by atoms with E-state index in [9.17, 15) is 9.59 Å². The van der Waals surface area contributed by atoms with Crippen molar-refractivity contribution in [2.45, 2.75) is 39.2 Å². The van der Waals surface area contributed by atoms with E-state index in [1.807, 2.05) is 41.8 Å². The van der Waals surface area contributed by atoms with Crippen LogP contribution in [-0.2, 0) is 18.4 Å². The van der Waals surface area contributed by atoms with Crippen LogP contribution in [0.25, 0.3) is 11.0 Å². The number of rotatable bonds is 4. The topological polar surface area (TPSA) is 68.9 Å². The normalized spacial score (nSPS) is 19.4. The second-order valence-corrected chi connectivity index (χ2v) is 8.41. The highest BCUT2D eigenvalue weighted by molar-refractivity contribution is 6.31. The van der Waals surface area contributed by atoms with Crippen molar-refractivity contribution < 1.29 is 4.79 Å². The molecule has 0 spiro atoms. The number of amides is 1.